The van der Waals surface area contributed by atoms with Crippen LogP contribution in [0.25, 0.3) is 11.1 Å². The second kappa shape index (κ2) is 18.9. The Morgan fingerprint density at radius 3 is 1.24 bits per heavy atom. The highest BCUT2D eigenvalue weighted by atomic mass is 32.2. The van der Waals surface area contributed by atoms with Crippen LogP contribution in [-0.4, -0.2) is 35.4 Å². The van der Waals surface area contributed by atoms with E-state index in [4.69, 9.17) is 9.47 Å². The van der Waals surface area contributed by atoms with Gasteiger partial charge in [-0.15, -0.1) is 0 Å². The van der Waals surface area contributed by atoms with Gasteiger partial charge in [-0.25, -0.2) is 9.59 Å². The maximum atomic E-state index is 12.1. The smallest absolute Gasteiger partial charge is 0.330 e. The Morgan fingerprint density at radius 1 is 0.560 bits per heavy atom. The van der Waals surface area contributed by atoms with Crippen LogP contribution in [0.2, 0.25) is 0 Å². The van der Waals surface area contributed by atoms with Crippen LogP contribution in [0.5, 0.6) is 0 Å². The summed E-state index contributed by atoms with van der Waals surface area (Å²) in [5.74, 6) is 11.8. The third-order valence-corrected chi connectivity index (χ3v) is 8.93. The van der Waals surface area contributed by atoms with E-state index in [1.54, 1.807) is 0 Å². The highest BCUT2D eigenvalue weighted by Gasteiger charge is 2.09. The maximum absolute atomic E-state index is 12.1. The third-order valence-electron chi connectivity index (χ3n) is 7.05. The quantitative estimate of drug-likeness (QED) is 0.0670. The van der Waals surface area contributed by atoms with Gasteiger partial charge in [-0.2, -0.15) is 0 Å². The monoisotopic (exact) mass is 698 g/mol. The zero-order valence-electron chi connectivity index (χ0n) is 27.7. The van der Waals surface area contributed by atoms with Gasteiger partial charge in [0.1, 0.15) is 0 Å². The van der Waals surface area contributed by atoms with Crippen molar-refractivity contribution in [2.24, 2.45) is 0 Å². The van der Waals surface area contributed by atoms with Crippen molar-refractivity contribution in [3.8, 4) is 34.8 Å². The molecule has 50 heavy (non-hydrogen) atoms. The Morgan fingerprint density at radius 2 is 0.900 bits per heavy atom. The molecule has 0 aliphatic heterocycles. The van der Waals surface area contributed by atoms with Gasteiger partial charge in [0.05, 0.1) is 26.1 Å². The van der Waals surface area contributed by atoms with E-state index in [0.29, 0.717) is 0 Å². The molecule has 4 aromatic rings. The molecule has 0 unspecified atom stereocenters. The number of carbonyl (C=O) groups is 4. The first-order valence-electron chi connectivity index (χ1n) is 15.6. The fourth-order valence-corrected chi connectivity index (χ4v) is 5.98. The molecular formula is C42H34O6S2. The first-order chi connectivity index (χ1) is 24.1. The standard InChI is InChI=1S/C42H34O6S2/c1-5-39(43)47-25-23-41(45)49-35-17-11-31(12-18-35)7-9-33-15-21-37(29(3)27-33)38-22-16-34(28-30(38)4)10-8-32-13-19-36(20-14-32)50-42(46)24-26-48-40(44)6-2/h5-6,11-22,27-28H,1-2,23-26H2,3-4H3. The lowest BCUT2D eigenvalue weighted by molar-refractivity contribution is -0.139. The lowest BCUT2D eigenvalue weighted by Crippen LogP contribution is -2.05. The van der Waals surface area contributed by atoms with Crippen molar-refractivity contribution in [1.82, 2.24) is 0 Å². The number of benzene rings is 4. The number of aryl methyl sites for hydroxylation is 2. The molecule has 0 bridgehead atoms. The van der Waals surface area contributed by atoms with E-state index in [1.807, 2.05) is 60.7 Å². The molecule has 250 valence electrons. The van der Waals surface area contributed by atoms with Gasteiger partial charge in [-0.3, -0.25) is 9.59 Å². The summed E-state index contributed by atoms with van der Waals surface area (Å²) in [6.07, 6.45) is 2.39. The van der Waals surface area contributed by atoms with Gasteiger partial charge in [-0.1, -0.05) is 72.5 Å². The highest BCUT2D eigenvalue weighted by molar-refractivity contribution is 8.13. The Hall–Kier alpha value is -5.54. The van der Waals surface area contributed by atoms with Crippen LogP contribution in [0.3, 0.4) is 0 Å². The summed E-state index contributed by atoms with van der Waals surface area (Å²) in [6, 6.07) is 27.3. The minimum atomic E-state index is -0.542. The largest absolute Gasteiger partial charge is 0.462 e. The van der Waals surface area contributed by atoms with E-state index in [2.05, 4.69) is 75.0 Å². The topological polar surface area (TPSA) is 86.7 Å². The molecule has 0 aliphatic carbocycles. The van der Waals surface area contributed by atoms with Crippen LogP contribution in [0.4, 0.5) is 0 Å². The highest BCUT2D eigenvalue weighted by Crippen LogP contribution is 2.28. The molecule has 0 aromatic heterocycles. The molecule has 0 amide bonds. The number of esters is 2. The van der Waals surface area contributed by atoms with Gasteiger partial charge in [0, 0.05) is 44.2 Å². The summed E-state index contributed by atoms with van der Waals surface area (Å²) in [4.78, 5) is 48.1. The van der Waals surface area contributed by atoms with Gasteiger partial charge in [0.2, 0.25) is 0 Å². The van der Waals surface area contributed by atoms with Crippen molar-refractivity contribution in [3.05, 3.63) is 144 Å². The Kier molecular flexibility index (Phi) is 14.1. The first-order valence-corrected chi connectivity index (χ1v) is 17.2. The normalized spacial score (nSPS) is 10.0. The van der Waals surface area contributed by atoms with Gasteiger partial charge < -0.3 is 9.47 Å². The molecule has 0 saturated heterocycles. The van der Waals surface area contributed by atoms with Crippen molar-refractivity contribution >= 4 is 45.7 Å². The number of hydrogen-bond acceptors (Lipinski definition) is 8. The van der Waals surface area contributed by atoms with Crippen LogP contribution in [0, 0.1) is 37.5 Å². The van der Waals surface area contributed by atoms with E-state index in [-0.39, 0.29) is 36.3 Å². The number of rotatable bonds is 11. The molecule has 0 saturated carbocycles. The van der Waals surface area contributed by atoms with E-state index in [0.717, 1.165) is 90.0 Å². The van der Waals surface area contributed by atoms with Gasteiger partial charge in [0.25, 0.3) is 0 Å². The van der Waals surface area contributed by atoms with E-state index in [1.165, 1.54) is 0 Å². The fraction of sp³-hybridized carbons (Fsp3) is 0.143. The molecule has 0 aliphatic rings. The number of ether oxygens (including phenoxy) is 2. The molecule has 0 heterocycles. The molecule has 8 heteroatoms. The van der Waals surface area contributed by atoms with Gasteiger partial charge in [0.15, 0.2) is 10.2 Å². The third kappa shape index (κ3) is 11.9. The lowest BCUT2D eigenvalue weighted by atomic mass is 9.94. The van der Waals surface area contributed by atoms with Crippen LogP contribution >= 0.6 is 23.5 Å². The Bertz CT molecular complexity index is 1890. The summed E-state index contributed by atoms with van der Waals surface area (Å²) in [6.45, 7) is 10.9. The number of thioether (sulfide) groups is 2. The van der Waals surface area contributed by atoms with E-state index in [9.17, 15) is 19.2 Å². The first kappa shape index (κ1) is 37.3. The summed E-state index contributed by atoms with van der Waals surface area (Å²) in [5.41, 5.74) is 7.93. The maximum Gasteiger partial charge on any atom is 0.330 e. The number of hydrogen-bond donors (Lipinski definition) is 0. The van der Waals surface area contributed by atoms with Gasteiger partial charge >= 0.3 is 11.9 Å². The minimum Gasteiger partial charge on any atom is -0.462 e. The molecule has 0 spiro atoms. The molecule has 0 fully saturated rings. The van der Waals surface area contributed by atoms with Crippen molar-refractivity contribution in [3.63, 3.8) is 0 Å². The molecular weight excluding hydrogens is 665 g/mol. The number of carbonyl (C=O) groups excluding carboxylic acids is 4. The average Bonchev–Trinajstić information content (AvgIpc) is 3.11. The summed E-state index contributed by atoms with van der Waals surface area (Å²) >= 11 is 2.20. The van der Waals surface area contributed by atoms with Crippen LogP contribution in [0.15, 0.2) is 120 Å². The lowest BCUT2D eigenvalue weighted by Gasteiger charge is -2.10. The molecule has 4 aromatic carbocycles. The molecule has 0 atom stereocenters. The summed E-state index contributed by atoms with van der Waals surface area (Å²) in [5, 5.41) is -0.183. The predicted octanol–water partition coefficient (Wildman–Crippen LogP) is 8.25. The molecule has 6 nitrogen and oxygen atoms in total. The van der Waals surface area contributed by atoms with Crippen molar-refractivity contribution in [1.29, 1.82) is 0 Å². The molecule has 0 N–H and O–H groups in total. The minimum absolute atomic E-state index is 0.0304. The van der Waals surface area contributed by atoms with Crippen molar-refractivity contribution in [2.75, 3.05) is 13.2 Å². The van der Waals surface area contributed by atoms with Crippen LogP contribution < -0.4 is 0 Å². The molecule has 4 rings (SSSR count). The van der Waals surface area contributed by atoms with E-state index < -0.39 is 11.9 Å². The SMILES string of the molecule is C=CC(=O)OCCC(=O)Sc1ccc(C#Cc2ccc(-c3ccc(C#Cc4ccc(SC(=O)CCOC(=O)C=C)cc4)cc3C)c(C)c2)cc1. The van der Waals surface area contributed by atoms with Crippen LogP contribution in [-0.2, 0) is 28.7 Å². The fourth-order valence-electron chi connectivity index (χ4n) is 4.54. The second-order valence-electron chi connectivity index (χ2n) is 10.8. The van der Waals surface area contributed by atoms with Crippen molar-refractivity contribution in [2.45, 2.75) is 36.5 Å². The Balaban J connectivity index is 1.33. The molecule has 0 radical (unpaired) electrons. The zero-order valence-corrected chi connectivity index (χ0v) is 29.4. The second-order valence-corrected chi connectivity index (χ2v) is 13.1. The summed E-state index contributed by atoms with van der Waals surface area (Å²) < 4.78 is 9.72. The Labute approximate surface area is 301 Å². The van der Waals surface area contributed by atoms with Gasteiger partial charge in [-0.05, 0) is 109 Å². The summed E-state index contributed by atoms with van der Waals surface area (Å²) in [7, 11) is 0. The van der Waals surface area contributed by atoms with E-state index >= 15 is 0 Å². The van der Waals surface area contributed by atoms with Crippen molar-refractivity contribution < 1.29 is 28.7 Å². The zero-order chi connectivity index (χ0) is 35.9. The predicted molar refractivity (Wildman–Crippen MR) is 199 cm³/mol. The van der Waals surface area contributed by atoms with Crippen LogP contribution in [0.1, 0.15) is 46.2 Å². The average molecular weight is 699 g/mol.